The second kappa shape index (κ2) is 6.59. The first-order valence-corrected chi connectivity index (χ1v) is 7.10. The fourth-order valence-electron chi connectivity index (χ4n) is 2.16. The molecule has 0 heterocycles. The Kier molecular flexibility index (Phi) is 4.16. The Morgan fingerprint density at radius 2 is 1.18 bits per heavy atom. The van der Waals surface area contributed by atoms with Gasteiger partial charge in [0.25, 0.3) is 5.91 Å². The van der Waals surface area contributed by atoms with Gasteiger partial charge in [-0.15, -0.1) is 0 Å². The zero-order chi connectivity index (χ0) is 15.2. The van der Waals surface area contributed by atoms with Gasteiger partial charge in [0.1, 0.15) is 0 Å². The maximum atomic E-state index is 12.3. The van der Waals surface area contributed by atoms with Crippen molar-refractivity contribution in [2.24, 2.45) is 0 Å². The molecule has 0 fully saturated rings. The van der Waals surface area contributed by atoms with E-state index in [-0.39, 0.29) is 5.91 Å². The van der Waals surface area contributed by atoms with Gasteiger partial charge >= 0.3 is 0 Å². The highest BCUT2D eigenvalue weighted by atomic mass is 16.1. The molecule has 0 saturated carbocycles. The van der Waals surface area contributed by atoms with Crippen molar-refractivity contribution < 1.29 is 4.79 Å². The van der Waals surface area contributed by atoms with E-state index in [1.165, 1.54) is 0 Å². The summed E-state index contributed by atoms with van der Waals surface area (Å²) in [7, 11) is 0. The van der Waals surface area contributed by atoms with Gasteiger partial charge in [0, 0.05) is 11.3 Å². The smallest absolute Gasteiger partial charge is 0.255 e. The summed E-state index contributed by atoms with van der Waals surface area (Å²) in [6.07, 6.45) is 0. The molecule has 2 N–H and O–H groups in total. The summed E-state index contributed by atoms with van der Waals surface area (Å²) in [5, 5.41) is 6.26. The van der Waals surface area contributed by atoms with Crippen LogP contribution in [-0.2, 0) is 0 Å². The Hall–Kier alpha value is -3.07. The molecule has 0 atom stereocenters. The average molecular weight is 288 g/mol. The fourth-order valence-corrected chi connectivity index (χ4v) is 2.16. The Morgan fingerprint density at radius 1 is 0.636 bits per heavy atom. The largest absolute Gasteiger partial charge is 0.354 e. The first kappa shape index (κ1) is 13.9. The molecule has 3 aromatic carbocycles. The van der Waals surface area contributed by atoms with Crippen molar-refractivity contribution >= 4 is 23.0 Å². The number of carbonyl (C=O) groups is 1. The van der Waals surface area contributed by atoms with E-state index >= 15 is 0 Å². The summed E-state index contributed by atoms with van der Waals surface area (Å²) in [6, 6.07) is 26.7. The molecular formula is C19H16N2O. The number of hydrogen-bond donors (Lipinski definition) is 2. The summed E-state index contributed by atoms with van der Waals surface area (Å²) >= 11 is 0. The van der Waals surface area contributed by atoms with Crippen molar-refractivity contribution in [1.29, 1.82) is 0 Å². The highest BCUT2D eigenvalue weighted by Gasteiger charge is 2.08. The molecule has 3 heteroatoms. The molecule has 0 spiro atoms. The van der Waals surface area contributed by atoms with Crippen LogP contribution in [-0.4, -0.2) is 5.91 Å². The lowest BCUT2D eigenvalue weighted by atomic mass is 10.2. The topological polar surface area (TPSA) is 41.1 Å². The predicted octanol–water partition coefficient (Wildman–Crippen LogP) is 4.68. The monoisotopic (exact) mass is 288 g/mol. The molecular weight excluding hydrogens is 272 g/mol. The van der Waals surface area contributed by atoms with Crippen LogP contribution in [0.3, 0.4) is 0 Å². The number of benzene rings is 3. The van der Waals surface area contributed by atoms with Crippen molar-refractivity contribution in [3.05, 3.63) is 90.5 Å². The molecule has 0 aliphatic carbocycles. The van der Waals surface area contributed by atoms with Crippen LogP contribution in [0.2, 0.25) is 0 Å². The molecule has 0 aliphatic rings. The third-order valence-electron chi connectivity index (χ3n) is 3.26. The number of nitrogens with one attached hydrogen (secondary N) is 2. The van der Waals surface area contributed by atoms with E-state index in [1.54, 1.807) is 12.1 Å². The number of rotatable bonds is 4. The molecule has 0 aliphatic heterocycles. The maximum Gasteiger partial charge on any atom is 0.255 e. The first-order chi connectivity index (χ1) is 10.8. The van der Waals surface area contributed by atoms with Gasteiger partial charge < -0.3 is 10.6 Å². The summed E-state index contributed by atoms with van der Waals surface area (Å²) in [6.45, 7) is 0. The fraction of sp³-hybridized carbons (Fsp3) is 0. The van der Waals surface area contributed by atoms with E-state index < -0.39 is 0 Å². The highest BCUT2D eigenvalue weighted by molar-refractivity contribution is 6.06. The molecule has 3 nitrogen and oxygen atoms in total. The molecule has 0 unspecified atom stereocenters. The normalized spacial score (nSPS) is 10.0. The van der Waals surface area contributed by atoms with E-state index in [0.29, 0.717) is 5.56 Å². The lowest BCUT2D eigenvalue weighted by Gasteiger charge is -2.13. The molecule has 3 rings (SSSR count). The van der Waals surface area contributed by atoms with Crippen LogP contribution in [0.15, 0.2) is 84.9 Å². The minimum absolute atomic E-state index is 0.122. The van der Waals surface area contributed by atoms with Crippen LogP contribution < -0.4 is 10.6 Å². The van der Waals surface area contributed by atoms with Gasteiger partial charge in [-0.05, 0) is 36.4 Å². The summed E-state index contributed by atoms with van der Waals surface area (Å²) in [5.41, 5.74) is 3.22. The van der Waals surface area contributed by atoms with Crippen molar-refractivity contribution in [2.45, 2.75) is 0 Å². The van der Waals surface area contributed by atoms with Gasteiger partial charge in [-0.25, -0.2) is 0 Å². The van der Waals surface area contributed by atoms with E-state index in [4.69, 9.17) is 0 Å². The van der Waals surface area contributed by atoms with Crippen LogP contribution in [0.1, 0.15) is 10.4 Å². The molecule has 1 amide bonds. The SMILES string of the molecule is O=C(Nc1ccccc1Nc1ccccc1)c1ccccc1. The molecule has 108 valence electrons. The van der Waals surface area contributed by atoms with Crippen molar-refractivity contribution in [2.75, 3.05) is 10.6 Å². The number of anilines is 3. The van der Waals surface area contributed by atoms with Crippen molar-refractivity contribution in [1.82, 2.24) is 0 Å². The molecule has 3 aromatic rings. The number of para-hydroxylation sites is 3. The maximum absolute atomic E-state index is 12.3. The first-order valence-electron chi connectivity index (χ1n) is 7.10. The highest BCUT2D eigenvalue weighted by Crippen LogP contribution is 2.25. The Balaban J connectivity index is 1.81. The minimum atomic E-state index is -0.122. The van der Waals surface area contributed by atoms with Gasteiger partial charge in [0.15, 0.2) is 0 Å². The summed E-state index contributed by atoms with van der Waals surface area (Å²) in [5.74, 6) is -0.122. The van der Waals surface area contributed by atoms with E-state index in [1.807, 2.05) is 72.8 Å². The predicted molar refractivity (Wildman–Crippen MR) is 90.6 cm³/mol. The van der Waals surface area contributed by atoms with Crippen LogP contribution in [0.25, 0.3) is 0 Å². The van der Waals surface area contributed by atoms with Crippen LogP contribution >= 0.6 is 0 Å². The van der Waals surface area contributed by atoms with Gasteiger partial charge in [-0.3, -0.25) is 4.79 Å². The Labute approximate surface area is 129 Å². The molecule has 0 aromatic heterocycles. The standard InChI is InChI=1S/C19H16N2O/c22-19(15-9-3-1-4-10-15)21-18-14-8-7-13-17(18)20-16-11-5-2-6-12-16/h1-14,20H,(H,21,22). The second-order valence-electron chi connectivity index (χ2n) is 4.86. The lowest BCUT2D eigenvalue weighted by Crippen LogP contribution is -2.12. The van der Waals surface area contributed by atoms with E-state index in [2.05, 4.69) is 10.6 Å². The molecule has 22 heavy (non-hydrogen) atoms. The number of hydrogen-bond acceptors (Lipinski definition) is 2. The molecule has 0 saturated heterocycles. The zero-order valence-electron chi connectivity index (χ0n) is 12.0. The van der Waals surface area contributed by atoms with Crippen molar-refractivity contribution in [3.63, 3.8) is 0 Å². The van der Waals surface area contributed by atoms with Gasteiger partial charge in [-0.1, -0.05) is 48.5 Å². The number of amides is 1. The quantitative estimate of drug-likeness (QED) is 0.731. The third kappa shape index (κ3) is 3.33. The molecule has 0 radical (unpaired) electrons. The minimum Gasteiger partial charge on any atom is -0.354 e. The van der Waals surface area contributed by atoms with E-state index in [0.717, 1.165) is 17.1 Å². The van der Waals surface area contributed by atoms with Gasteiger partial charge in [-0.2, -0.15) is 0 Å². The third-order valence-corrected chi connectivity index (χ3v) is 3.26. The van der Waals surface area contributed by atoms with Gasteiger partial charge in [0.05, 0.1) is 11.4 Å². The average Bonchev–Trinajstić information content (AvgIpc) is 2.58. The lowest BCUT2D eigenvalue weighted by molar-refractivity contribution is 0.102. The van der Waals surface area contributed by atoms with Crippen LogP contribution in [0, 0.1) is 0 Å². The van der Waals surface area contributed by atoms with Gasteiger partial charge in [0.2, 0.25) is 0 Å². The second-order valence-corrected chi connectivity index (χ2v) is 4.86. The number of carbonyl (C=O) groups excluding carboxylic acids is 1. The zero-order valence-corrected chi connectivity index (χ0v) is 12.0. The Bertz CT molecular complexity index is 755. The van der Waals surface area contributed by atoms with E-state index in [9.17, 15) is 4.79 Å². The molecule has 0 bridgehead atoms. The Morgan fingerprint density at radius 3 is 1.86 bits per heavy atom. The van der Waals surface area contributed by atoms with Crippen LogP contribution in [0.5, 0.6) is 0 Å². The summed E-state index contributed by atoms with van der Waals surface area (Å²) in [4.78, 5) is 12.3. The van der Waals surface area contributed by atoms with Crippen molar-refractivity contribution in [3.8, 4) is 0 Å². The van der Waals surface area contributed by atoms with Crippen LogP contribution in [0.4, 0.5) is 17.1 Å². The summed E-state index contributed by atoms with van der Waals surface area (Å²) < 4.78 is 0.